The average molecular weight is 444 g/mol. The summed E-state index contributed by atoms with van der Waals surface area (Å²) >= 11 is 0. The van der Waals surface area contributed by atoms with Crippen molar-refractivity contribution in [3.8, 4) is 0 Å². The summed E-state index contributed by atoms with van der Waals surface area (Å²) < 4.78 is 82.0. The number of nitrogens with one attached hydrogen (secondary N) is 1. The molecule has 0 bridgehead atoms. The zero-order chi connectivity index (χ0) is 23.2. The van der Waals surface area contributed by atoms with Crippen molar-refractivity contribution in [2.45, 2.75) is 37.9 Å². The molecule has 0 aliphatic carbocycles. The Labute approximate surface area is 173 Å². The fourth-order valence-electron chi connectivity index (χ4n) is 3.26. The Hall–Kier alpha value is -3.11. The molecule has 1 aromatic carbocycles. The van der Waals surface area contributed by atoms with Crippen LogP contribution in [-0.4, -0.2) is 22.6 Å². The maximum Gasteiger partial charge on any atom is 0.417 e. The first-order valence-corrected chi connectivity index (χ1v) is 9.12. The van der Waals surface area contributed by atoms with Crippen LogP contribution in [-0.2, 0) is 11.7 Å². The van der Waals surface area contributed by atoms with Crippen molar-refractivity contribution in [2.24, 2.45) is 16.6 Å². The van der Waals surface area contributed by atoms with Crippen LogP contribution in [0.4, 0.5) is 32.0 Å². The first kappa shape index (κ1) is 22.6. The summed E-state index contributed by atoms with van der Waals surface area (Å²) in [6, 6.07) is 4.56. The second-order valence-electron chi connectivity index (χ2n) is 7.50. The van der Waals surface area contributed by atoms with Crippen LogP contribution in [0.5, 0.6) is 0 Å². The highest BCUT2D eigenvalue weighted by atomic mass is 19.4. The molecule has 3 rings (SSSR count). The smallest absolute Gasteiger partial charge is 0.387 e. The number of benzene rings is 1. The van der Waals surface area contributed by atoms with E-state index in [0.29, 0.717) is 12.3 Å². The van der Waals surface area contributed by atoms with Gasteiger partial charge in [-0.15, -0.1) is 0 Å². The van der Waals surface area contributed by atoms with Gasteiger partial charge in [0, 0.05) is 29.8 Å². The molecule has 1 aromatic heterocycles. The summed E-state index contributed by atoms with van der Waals surface area (Å²) in [7, 11) is 0. The van der Waals surface area contributed by atoms with E-state index < -0.39 is 52.8 Å². The van der Waals surface area contributed by atoms with Crippen molar-refractivity contribution in [1.82, 2.24) is 4.98 Å². The van der Waals surface area contributed by atoms with Crippen LogP contribution >= 0.6 is 0 Å². The molecule has 0 radical (unpaired) electrons. The quantitative estimate of drug-likeness (QED) is 0.672. The van der Waals surface area contributed by atoms with Gasteiger partial charge >= 0.3 is 6.18 Å². The lowest BCUT2D eigenvalue weighted by Crippen LogP contribution is -2.50. The number of amidine groups is 1. The summed E-state index contributed by atoms with van der Waals surface area (Å²) in [5.74, 6) is -6.04. The van der Waals surface area contributed by atoms with E-state index in [1.54, 1.807) is 0 Å². The molecule has 2 atom stereocenters. The van der Waals surface area contributed by atoms with E-state index in [1.165, 1.54) is 6.92 Å². The van der Waals surface area contributed by atoms with E-state index >= 15 is 0 Å². The number of pyridine rings is 1. The number of alkyl halides is 5. The van der Waals surface area contributed by atoms with Gasteiger partial charge in [0.15, 0.2) is 5.54 Å². The Morgan fingerprint density at radius 1 is 1.23 bits per heavy atom. The second-order valence-corrected chi connectivity index (χ2v) is 7.50. The van der Waals surface area contributed by atoms with Gasteiger partial charge in [0.2, 0.25) is 0 Å². The maximum atomic E-state index is 14.8. The number of nitrogens with zero attached hydrogens (tertiary/aromatic N) is 2. The number of aliphatic imine (C=N–C) groups is 1. The monoisotopic (exact) mass is 444 g/mol. The predicted octanol–water partition coefficient (Wildman–Crippen LogP) is 4.74. The van der Waals surface area contributed by atoms with Crippen LogP contribution in [0.15, 0.2) is 41.5 Å². The van der Waals surface area contributed by atoms with E-state index in [0.717, 1.165) is 31.2 Å². The summed E-state index contributed by atoms with van der Waals surface area (Å²) in [6.45, 7) is 2.53. The van der Waals surface area contributed by atoms with E-state index in [1.807, 2.05) is 0 Å². The molecule has 2 aromatic rings. The number of hydrogen-bond donors (Lipinski definition) is 2. The Bertz CT molecular complexity index is 1030. The molecule has 1 aliphatic rings. The minimum atomic E-state index is -4.62. The van der Waals surface area contributed by atoms with Crippen LogP contribution in [0.2, 0.25) is 0 Å². The van der Waals surface area contributed by atoms with Crippen LogP contribution in [0.1, 0.15) is 41.9 Å². The van der Waals surface area contributed by atoms with E-state index in [-0.39, 0.29) is 17.2 Å². The van der Waals surface area contributed by atoms with Gasteiger partial charge in [-0.1, -0.05) is 6.92 Å². The average Bonchev–Trinajstić information content (AvgIpc) is 2.67. The minimum Gasteiger partial charge on any atom is -0.387 e. The summed E-state index contributed by atoms with van der Waals surface area (Å²) in [5, 5.41) is 2.31. The molecule has 31 heavy (non-hydrogen) atoms. The van der Waals surface area contributed by atoms with Crippen LogP contribution in [0.3, 0.4) is 0 Å². The van der Waals surface area contributed by atoms with Crippen molar-refractivity contribution in [2.75, 3.05) is 5.32 Å². The Balaban J connectivity index is 1.92. The van der Waals surface area contributed by atoms with Gasteiger partial charge in [0.1, 0.15) is 11.5 Å². The van der Waals surface area contributed by atoms with Crippen LogP contribution in [0, 0.1) is 11.7 Å². The van der Waals surface area contributed by atoms with Gasteiger partial charge in [0.25, 0.3) is 11.8 Å². The second kappa shape index (κ2) is 7.54. The Kier molecular flexibility index (Phi) is 5.49. The number of carbonyl (C=O) groups excluding carboxylic acids is 1. The minimum absolute atomic E-state index is 0.0452. The van der Waals surface area contributed by atoms with E-state index in [2.05, 4.69) is 15.3 Å². The molecule has 1 amide bonds. The van der Waals surface area contributed by atoms with Crippen molar-refractivity contribution < 1.29 is 31.1 Å². The molecule has 3 N–H and O–H groups in total. The molecule has 2 unspecified atom stereocenters. The summed E-state index contributed by atoms with van der Waals surface area (Å²) in [4.78, 5) is 19.6. The van der Waals surface area contributed by atoms with Gasteiger partial charge < -0.3 is 11.1 Å². The molecule has 0 spiro atoms. The molecule has 1 aliphatic heterocycles. The van der Waals surface area contributed by atoms with Crippen molar-refractivity contribution in [1.29, 1.82) is 0 Å². The molecule has 0 saturated heterocycles. The first-order valence-electron chi connectivity index (χ1n) is 9.12. The number of nitrogens with two attached hydrogens (primary N) is 1. The van der Waals surface area contributed by atoms with E-state index in [4.69, 9.17) is 5.73 Å². The predicted molar refractivity (Wildman–Crippen MR) is 101 cm³/mol. The number of rotatable bonds is 3. The third-order valence-corrected chi connectivity index (χ3v) is 5.20. The lowest BCUT2D eigenvalue weighted by molar-refractivity contribution is -0.137. The van der Waals surface area contributed by atoms with Crippen LogP contribution in [0.25, 0.3) is 0 Å². The third kappa shape index (κ3) is 4.21. The zero-order valence-corrected chi connectivity index (χ0v) is 16.4. The zero-order valence-electron chi connectivity index (χ0n) is 16.4. The molecule has 5 nitrogen and oxygen atoms in total. The normalized spacial score (nSPS) is 23.2. The van der Waals surface area contributed by atoms with Gasteiger partial charge in [0.05, 0.1) is 11.4 Å². The van der Waals surface area contributed by atoms with Gasteiger partial charge in [-0.2, -0.15) is 13.2 Å². The Morgan fingerprint density at radius 3 is 2.48 bits per heavy atom. The van der Waals surface area contributed by atoms with E-state index in [9.17, 15) is 31.1 Å². The van der Waals surface area contributed by atoms with Crippen molar-refractivity contribution >= 4 is 17.4 Å². The third-order valence-electron chi connectivity index (χ3n) is 5.20. The topological polar surface area (TPSA) is 80.4 Å². The highest BCUT2D eigenvalue weighted by Crippen LogP contribution is 2.48. The SMILES string of the molecule is CC1CC(F)(F)C(C)(c2cc(NC(=O)c3ccc(C(F)(F)F)cn3)ccc2F)N=C1N. The van der Waals surface area contributed by atoms with Crippen molar-refractivity contribution in [3.63, 3.8) is 0 Å². The van der Waals surface area contributed by atoms with Gasteiger partial charge in [-0.25, -0.2) is 13.2 Å². The fourth-order valence-corrected chi connectivity index (χ4v) is 3.26. The van der Waals surface area contributed by atoms with Crippen molar-refractivity contribution in [3.05, 3.63) is 59.2 Å². The van der Waals surface area contributed by atoms with Crippen LogP contribution < -0.4 is 11.1 Å². The number of amides is 1. The highest BCUT2D eigenvalue weighted by Gasteiger charge is 2.56. The Morgan fingerprint density at radius 2 is 1.90 bits per heavy atom. The molecule has 166 valence electrons. The number of halogens is 6. The summed E-state index contributed by atoms with van der Waals surface area (Å²) in [5.41, 5.74) is 1.51. The molecular weight excluding hydrogens is 426 g/mol. The number of carbonyl (C=O) groups is 1. The molecule has 0 fully saturated rings. The molecule has 2 heterocycles. The summed E-state index contributed by atoms with van der Waals surface area (Å²) in [6.07, 6.45) is -4.76. The molecule has 0 saturated carbocycles. The van der Waals surface area contributed by atoms with Gasteiger partial charge in [-0.3, -0.25) is 14.8 Å². The van der Waals surface area contributed by atoms with Gasteiger partial charge in [-0.05, 0) is 37.3 Å². The molecule has 11 heteroatoms. The number of anilines is 1. The number of hydrogen-bond acceptors (Lipinski definition) is 4. The lowest BCUT2D eigenvalue weighted by Gasteiger charge is -2.40. The number of aromatic nitrogens is 1. The largest absolute Gasteiger partial charge is 0.417 e. The lowest BCUT2D eigenvalue weighted by atomic mass is 9.78. The first-order chi connectivity index (χ1) is 14.2. The molecular formula is C20H18F6N4O. The highest BCUT2D eigenvalue weighted by molar-refractivity contribution is 6.02. The standard InChI is InChI=1S/C20H18F6N4O/c1-10-8-19(22,23)18(2,30-16(10)27)13-7-12(4-5-14(13)21)29-17(31)15-6-3-11(9-28-15)20(24,25)26/h3-7,9-10H,8H2,1-2H3,(H2,27,30)(H,29,31). The fraction of sp³-hybridized carbons (Fsp3) is 0.350. The maximum absolute atomic E-state index is 14.8.